The Morgan fingerprint density at radius 1 is 1.32 bits per heavy atom. The van der Waals surface area contributed by atoms with Gasteiger partial charge in [-0.25, -0.2) is 4.98 Å². The molecule has 2 aromatic heterocycles. The van der Waals surface area contributed by atoms with Crippen LogP contribution in [0.2, 0.25) is 0 Å². The first-order valence-corrected chi connectivity index (χ1v) is 7.75. The maximum absolute atomic E-state index is 11.8. The molecule has 3 aromatic rings. The Hall–Kier alpha value is -2.47. The molecule has 0 unspecified atom stereocenters. The van der Waals surface area contributed by atoms with Crippen molar-refractivity contribution in [3.8, 4) is 11.3 Å². The number of hydrogen-bond donors (Lipinski definition) is 1. The number of anilines is 1. The molecule has 0 saturated heterocycles. The van der Waals surface area contributed by atoms with Crippen LogP contribution >= 0.6 is 11.3 Å². The van der Waals surface area contributed by atoms with Gasteiger partial charge in [-0.15, -0.1) is 0 Å². The molecule has 0 saturated carbocycles. The minimum Gasteiger partial charge on any atom is -0.365 e. The van der Waals surface area contributed by atoms with Crippen molar-refractivity contribution in [1.82, 2.24) is 14.8 Å². The smallest absolute Gasteiger partial charge is 0.183 e. The van der Waals surface area contributed by atoms with E-state index >= 15 is 0 Å². The molecule has 0 bridgehead atoms. The Morgan fingerprint density at radius 3 is 2.77 bits per heavy atom. The van der Waals surface area contributed by atoms with E-state index in [-0.39, 0.29) is 5.78 Å². The molecule has 0 aliphatic rings. The van der Waals surface area contributed by atoms with E-state index in [1.165, 1.54) is 16.9 Å². The average molecular weight is 312 g/mol. The van der Waals surface area contributed by atoms with E-state index in [9.17, 15) is 4.79 Å². The van der Waals surface area contributed by atoms with E-state index < -0.39 is 0 Å². The van der Waals surface area contributed by atoms with Gasteiger partial charge in [0.05, 0.1) is 23.3 Å². The summed E-state index contributed by atoms with van der Waals surface area (Å²) in [6.07, 6.45) is 3.68. The second kappa shape index (κ2) is 6.11. The maximum atomic E-state index is 11.8. The standard InChI is InChI=1S/C16H16N4OS/c1-11(21)15-14(19-16(17-2)22-15)13-8-18-20(10-13)9-12-6-4-3-5-7-12/h3-8,10H,9H2,1-2H3,(H,17,19). The van der Waals surface area contributed by atoms with E-state index in [4.69, 9.17) is 0 Å². The topological polar surface area (TPSA) is 59.8 Å². The average Bonchev–Trinajstić information content (AvgIpc) is 3.14. The summed E-state index contributed by atoms with van der Waals surface area (Å²) in [5, 5.41) is 8.09. The second-order valence-corrected chi connectivity index (χ2v) is 5.91. The van der Waals surface area contributed by atoms with E-state index in [2.05, 4.69) is 27.5 Å². The molecular formula is C16H16N4OS. The number of hydrogen-bond acceptors (Lipinski definition) is 5. The fraction of sp³-hybridized carbons (Fsp3) is 0.188. The Labute approximate surface area is 132 Å². The zero-order valence-corrected chi connectivity index (χ0v) is 13.2. The van der Waals surface area contributed by atoms with Crippen LogP contribution in [-0.4, -0.2) is 27.6 Å². The van der Waals surface area contributed by atoms with Gasteiger partial charge in [0.2, 0.25) is 0 Å². The van der Waals surface area contributed by atoms with E-state index in [1.54, 1.807) is 20.2 Å². The minimum atomic E-state index is 0.0183. The molecule has 2 heterocycles. The summed E-state index contributed by atoms with van der Waals surface area (Å²) in [6.45, 7) is 2.25. The van der Waals surface area contributed by atoms with E-state index in [0.717, 1.165) is 10.7 Å². The van der Waals surface area contributed by atoms with Crippen molar-refractivity contribution >= 4 is 22.3 Å². The van der Waals surface area contributed by atoms with E-state index in [1.807, 2.05) is 29.1 Å². The molecule has 5 nitrogen and oxygen atoms in total. The fourth-order valence-corrected chi connectivity index (χ4v) is 3.04. The van der Waals surface area contributed by atoms with Crippen LogP contribution in [0, 0.1) is 0 Å². The van der Waals surface area contributed by atoms with Crippen LogP contribution in [0.1, 0.15) is 22.2 Å². The second-order valence-electron chi connectivity index (χ2n) is 4.92. The number of nitrogens with zero attached hydrogens (tertiary/aromatic N) is 3. The lowest BCUT2D eigenvalue weighted by molar-refractivity contribution is 0.102. The molecule has 0 aliphatic heterocycles. The zero-order chi connectivity index (χ0) is 15.5. The summed E-state index contributed by atoms with van der Waals surface area (Å²) in [4.78, 5) is 16.9. The van der Waals surface area contributed by atoms with Crippen LogP contribution in [0.4, 0.5) is 5.13 Å². The summed E-state index contributed by atoms with van der Waals surface area (Å²) in [7, 11) is 1.80. The zero-order valence-electron chi connectivity index (χ0n) is 12.4. The first-order valence-electron chi connectivity index (χ1n) is 6.93. The Balaban J connectivity index is 1.91. The number of aromatic nitrogens is 3. The monoisotopic (exact) mass is 312 g/mol. The minimum absolute atomic E-state index is 0.0183. The van der Waals surface area contributed by atoms with Crippen LogP contribution in [0.15, 0.2) is 42.7 Å². The Kier molecular flexibility index (Phi) is 4.02. The first-order chi connectivity index (χ1) is 10.7. The van der Waals surface area contributed by atoms with E-state index in [0.29, 0.717) is 17.1 Å². The highest BCUT2D eigenvalue weighted by atomic mass is 32.1. The van der Waals surface area contributed by atoms with Gasteiger partial charge >= 0.3 is 0 Å². The van der Waals surface area contributed by atoms with Crippen molar-refractivity contribution in [3.63, 3.8) is 0 Å². The molecule has 0 spiro atoms. The van der Waals surface area contributed by atoms with Crippen molar-refractivity contribution in [2.75, 3.05) is 12.4 Å². The molecule has 0 radical (unpaired) electrons. The van der Waals surface area contributed by atoms with Crippen molar-refractivity contribution in [2.24, 2.45) is 0 Å². The first kappa shape index (κ1) is 14.5. The Morgan fingerprint density at radius 2 is 2.09 bits per heavy atom. The number of ketones is 1. The molecule has 1 aromatic carbocycles. The highest BCUT2D eigenvalue weighted by Gasteiger charge is 2.17. The van der Waals surface area contributed by atoms with Gasteiger partial charge in [0.1, 0.15) is 0 Å². The van der Waals surface area contributed by atoms with Gasteiger partial charge in [0.25, 0.3) is 0 Å². The summed E-state index contributed by atoms with van der Waals surface area (Å²) in [5.41, 5.74) is 2.73. The van der Waals surface area contributed by atoms with Gasteiger partial charge in [0.15, 0.2) is 10.9 Å². The number of carbonyl (C=O) groups is 1. The molecule has 0 atom stereocenters. The quantitative estimate of drug-likeness (QED) is 0.734. The van der Waals surface area contributed by atoms with Gasteiger partial charge < -0.3 is 5.32 Å². The lowest BCUT2D eigenvalue weighted by atomic mass is 10.2. The number of thiazole rings is 1. The predicted molar refractivity (Wildman–Crippen MR) is 88.4 cm³/mol. The number of nitrogens with one attached hydrogen (secondary N) is 1. The normalized spacial score (nSPS) is 10.6. The molecular weight excluding hydrogens is 296 g/mol. The molecule has 112 valence electrons. The van der Waals surface area contributed by atoms with Gasteiger partial charge in [0, 0.05) is 25.7 Å². The summed E-state index contributed by atoms with van der Waals surface area (Å²) >= 11 is 1.37. The van der Waals surface area contributed by atoms with Crippen LogP contribution in [0.3, 0.4) is 0 Å². The van der Waals surface area contributed by atoms with Crippen molar-refractivity contribution in [1.29, 1.82) is 0 Å². The SMILES string of the molecule is CNc1nc(-c2cnn(Cc3ccccc3)c2)c(C(C)=O)s1. The van der Waals surface area contributed by atoms with Crippen molar-refractivity contribution in [2.45, 2.75) is 13.5 Å². The third kappa shape index (κ3) is 2.92. The van der Waals surface area contributed by atoms with Crippen LogP contribution in [0.25, 0.3) is 11.3 Å². The highest BCUT2D eigenvalue weighted by Crippen LogP contribution is 2.31. The number of carbonyl (C=O) groups excluding carboxylic acids is 1. The van der Waals surface area contributed by atoms with Gasteiger partial charge in [-0.1, -0.05) is 41.7 Å². The molecule has 0 amide bonds. The number of Topliss-reactive ketones (excluding diaryl/α,β-unsaturated/α-hetero) is 1. The molecule has 0 fully saturated rings. The lowest BCUT2D eigenvalue weighted by Crippen LogP contribution is -1.99. The number of benzene rings is 1. The number of rotatable bonds is 5. The molecule has 0 aliphatic carbocycles. The van der Waals surface area contributed by atoms with Gasteiger partial charge in [-0.3, -0.25) is 9.48 Å². The highest BCUT2D eigenvalue weighted by molar-refractivity contribution is 7.18. The molecule has 3 rings (SSSR count). The maximum Gasteiger partial charge on any atom is 0.183 e. The summed E-state index contributed by atoms with van der Waals surface area (Å²) < 4.78 is 1.85. The largest absolute Gasteiger partial charge is 0.365 e. The van der Waals surface area contributed by atoms with Crippen molar-refractivity contribution in [3.05, 3.63) is 53.2 Å². The third-order valence-corrected chi connectivity index (χ3v) is 4.43. The van der Waals surface area contributed by atoms with Gasteiger partial charge in [-0.2, -0.15) is 5.10 Å². The third-order valence-electron chi connectivity index (χ3n) is 3.25. The lowest BCUT2D eigenvalue weighted by Gasteiger charge is -2.00. The van der Waals surface area contributed by atoms with Gasteiger partial charge in [-0.05, 0) is 5.56 Å². The predicted octanol–water partition coefficient (Wildman–Crippen LogP) is 3.30. The van der Waals surface area contributed by atoms with Crippen LogP contribution in [-0.2, 0) is 6.54 Å². The van der Waals surface area contributed by atoms with Crippen LogP contribution in [0.5, 0.6) is 0 Å². The summed E-state index contributed by atoms with van der Waals surface area (Å²) in [6, 6.07) is 10.1. The molecule has 22 heavy (non-hydrogen) atoms. The summed E-state index contributed by atoms with van der Waals surface area (Å²) in [5.74, 6) is 0.0183. The van der Waals surface area contributed by atoms with Crippen LogP contribution < -0.4 is 5.32 Å². The fourth-order valence-electron chi connectivity index (χ4n) is 2.20. The van der Waals surface area contributed by atoms with Crippen molar-refractivity contribution < 1.29 is 4.79 Å². The molecule has 6 heteroatoms. The Bertz CT molecular complexity index is 792. The molecule has 1 N–H and O–H groups in total.